The first-order valence-corrected chi connectivity index (χ1v) is 6.50. The molecule has 0 aliphatic heterocycles. The summed E-state index contributed by atoms with van der Waals surface area (Å²) in [6, 6.07) is 8.99. The van der Waals surface area contributed by atoms with Gasteiger partial charge >= 0.3 is 0 Å². The number of rotatable bonds is 4. The molecule has 2 aromatic rings. The first-order chi connectivity index (χ1) is 9.47. The van der Waals surface area contributed by atoms with Crippen molar-refractivity contribution in [2.45, 2.75) is 6.54 Å². The number of hydrogen-bond acceptors (Lipinski definition) is 2. The Balaban J connectivity index is 2.20. The maximum absolute atomic E-state index is 13.6. The zero-order valence-corrected chi connectivity index (χ0v) is 12.0. The van der Waals surface area contributed by atoms with Gasteiger partial charge in [0.05, 0.1) is 11.4 Å². The largest absolute Gasteiger partial charge is 0.379 e. The smallest absolute Gasteiger partial charge is 0.131 e. The number of nitrogens with one attached hydrogen (secondary N) is 1. The Labute approximate surface area is 122 Å². The van der Waals surface area contributed by atoms with Crippen LogP contribution < -0.4 is 10.2 Å². The molecule has 0 aliphatic carbocycles. The number of anilines is 2. The van der Waals surface area contributed by atoms with E-state index < -0.39 is 11.6 Å². The highest BCUT2D eigenvalue weighted by Gasteiger charge is 2.08. The van der Waals surface area contributed by atoms with Crippen LogP contribution in [0, 0.1) is 11.6 Å². The van der Waals surface area contributed by atoms with E-state index >= 15 is 0 Å². The molecule has 106 valence electrons. The molecule has 0 saturated heterocycles. The molecule has 0 unspecified atom stereocenters. The highest BCUT2D eigenvalue weighted by molar-refractivity contribution is 6.31. The molecule has 0 atom stereocenters. The lowest BCUT2D eigenvalue weighted by Gasteiger charge is -2.19. The van der Waals surface area contributed by atoms with E-state index in [2.05, 4.69) is 5.32 Å². The predicted molar refractivity (Wildman–Crippen MR) is 79.5 cm³/mol. The summed E-state index contributed by atoms with van der Waals surface area (Å²) in [6.45, 7) is 0.257. The Kier molecular flexibility index (Phi) is 4.45. The van der Waals surface area contributed by atoms with Crippen molar-refractivity contribution in [3.8, 4) is 0 Å². The summed E-state index contributed by atoms with van der Waals surface area (Å²) in [5.74, 6) is -1.14. The summed E-state index contributed by atoms with van der Waals surface area (Å²) >= 11 is 5.97. The van der Waals surface area contributed by atoms with Crippen molar-refractivity contribution in [3.63, 3.8) is 0 Å². The molecule has 5 heteroatoms. The van der Waals surface area contributed by atoms with E-state index in [1.165, 1.54) is 12.1 Å². The first kappa shape index (κ1) is 14.6. The zero-order valence-electron chi connectivity index (χ0n) is 11.3. The summed E-state index contributed by atoms with van der Waals surface area (Å²) in [4.78, 5) is 1.93. The van der Waals surface area contributed by atoms with Gasteiger partial charge in [-0.05, 0) is 24.3 Å². The molecule has 0 spiro atoms. The van der Waals surface area contributed by atoms with Crippen molar-refractivity contribution < 1.29 is 8.78 Å². The summed E-state index contributed by atoms with van der Waals surface area (Å²) in [6.07, 6.45) is 0. The van der Waals surface area contributed by atoms with Gasteiger partial charge in [-0.15, -0.1) is 0 Å². The van der Waals surface area contributed by atoms with Gasteiger partial charge < -0.3 is 10.2 Å². The maximum atomic E-state index is 13.6. The Bertz CT molecular complexity index is 615. The summed E-state index contributed by atoms with van der Waals surface area (Å²) in [7, 11) is 3.82. The van der Waals surface area contributed by atoms with Gasteiger partial charge in [-0.3, -0.25) is 0 Å². The lowest BCUT2D eigenvalue weighted by Crippen LogP contribution is -2.12. The molecule has 2 rings (SSSR count). The molecule has 2 aromatic carbocycles. The average Bonchev–Trinajstić information content (AvgIpc) is 2.37. The second-order valence-corrected chi connectivity index (χ2v) is 5.08. The van der Waals surface area contributed by atoms with Gasteiger partial charge in [0.2, 0.25) is 0 Å². The molecule has 0 heterocycles. The molecule has 1 N–H and O–H groups in total. The first-order valence-electron chi connectivity index (χ1n) is 6.12. The van der Waals surface area contributed by atoms with E-state index in [0.29, 0.717) is 10.6 Å². The van der Waals surface area contributed by atoms with E-state index in [1.54, 1.807) is 12.1 Å². The van der Waals surface area contributed by atoms with Crippen LogP contribution >= 0.6 is 11.6 Å². The zero-order chi connectivity index (χ0) is 14.7. The van der Waals surface area contributed by atoms with E-state index in [0.717, 1.165) is 17.4 Å². The summed E-state index contributed by atoms with van der Waals surface area (Å²) < 4.78 is 26.4. The Morgan fingerprint density at radius 1 is 1.10 bits per heavy atom. The molecule has 0 bridgehead atoms. The van der Waals surface area contributed by atoms with Crippen molar-refractivity contribution in [1.29, 1.82) is 0 Å². The molecule has 0 fully saturated rings. The highest BCUT2D eigenvalue weighted by atomic mass is 35.5. The third-order valence-electron chi connectivity index (χ3n) is 2.92. The SMILES string of the molecule is CN(C)c1ccc(Cl)cc1NCc1ccc(F)cc1F. The molecular weight excluding hydrogens is 282 g/mol. The monoisotopic (exact) mass is 296 g/mol. The maximum Gasteiger partial charge on any atom is 0.131 e. The molecule has 0 amide bonds. The van der Waals surface area contributed by atoms with Gasteiger partial charge in [0.15, 0.2) is 0 Å². The van der Waals surface area contributed by atoms with Gasteiger partial charge in [0.25, 0.3) is 0 Å². The van der Waals surface area contributed by atoms with Crippen LogP contribution in [0.25, 0.3) is 0 Å². The van der Waals surface area contributed by atoms with E-state index in [1.807, 2.05) is 25.1 Å². The summed E-state index contributed by atoms with van der Waals surface area (Å²) in [5, 5.41) is 3.72. The predicted octanol–water partition coefficient (Wildman–Crippen LogP) is 4.30. The molecule has 0 saturated carbocycles. The number of benzene rings is 2. The van der Waals surface area contributed by atoms with Crippen LogP contribution in [0.15, 0.2) is 36.4 Å². The van der Waals surface area contributed by atoms with Crippen LogP contribution in [0.5, 0.6) is 0 Å². The van der Waals surface area contributed by atoms with Crippen LogP contribution in [0.4, 0.5) is 20.2 Å². The molecular formula is C15H15ClF2N2. The van der Waals surface area contributed by atoms with Crippen molar-refractivity contribution >= 4 is 23.0 Å². The minimum Gasteiger partial charge on any atom is -0.379 e. The number of halogens is 3. The van der Waals surface area contributed by atoms with Crippen LogP contribution in [-0.4, -0.2) is 14.1 Å². The van der Waals surface area contributed by atoms with Crippen LogP contribution in [-0.2, 0) is 6.54 Å². The van der Waals surface area contributed by atoms with Crippen molar-refractivity contribution in [3.05, 3.63) is 58.6 Å². The van der Waals surface area contributed by atoms with Crippen molar-refractivity contribution in [2.75, 3.05) is 24.3 Å². The fourth-order valence-electron chi connectivity index (χ4n) is 1.90. The third-order valence-corrected chi connectivity index (χ3v) is 3.16. The van der Waals surface area contributed by atoms with Crippen LogP contribution in [0.3, 0.4) is 0 Å². The Hall–Kier alpha value is -1.81. The fraction of sp³-hybridized carbons (Fsp3) is 0.200. The second-order valence-electron chi connectivity index (χ2n) is 4.65. The van der Waals surface area contributed by atoms with E-state index in [9.17, 15) is 8.78 Å². The van der Waals surface area contributed by atoms with Gasteiger partial charge in [0, 0.05) is 37.3 Å². The molecule has 0 radical (unpaired) electrons. The lowest BCUT2D eigenvalue weighted by atomic mass is 10.2. The topological polar surface area (TPSA) is 15.3 Å². The molecule has 0 aromatic heterocycles. The van der Waals surface area contributed by atoms with E-state index in [-0.39, 0.29) is 6.54 Å². The standard InChI is InChI=1S/C15H15ClF2N2/c1-20(2)15-6-4-11(16)7-14(15)19-9-10-3-5-12(17)8-13(10)18/h3-8,19H,9H2,1-2H3. The number of hydrogen-bond donors (Lipinski definition) is 1. The van der Waals surface area contributed by atoms with Gasteiger partial charge in [-0.2, -0.15) is 0 Å². The lowest BCUT2D eigenvalue weighted by molar-refractivity contribution is 0.574. The minimum atomic E-state index is -0.581. The highest BCUT2D eigenvalue weighted by Crippen LogP contribution is 2.28. The van der Waals surface area contributed by atoms with Crippen molar-refractivity contribution in [1.82, 2.24) is 0 Å². The van der Waals surface area contributed by atoms with Crippen LogP contribution in [0.2, 0.25) is 5.02 Å². The average molecular weight is 297 g/mol. The minimum absolute atomic E-state index is 0.257. The van der Waals surface area contributed by atoms with Gasteiger partial charge in [-0.1, -0.05) is 17.7 Å². The van der Waals surface area contributed by atoms with Crippen LogP contribution in [0.1, 0.15) is 5.56 Å². The quantitative estimate of drug-likeness (QED) is 0.905. The second kappa shape index (κ2) is 6.09. The summed E-state index contributed by atoms with van der Waals surface area (Å²) in [5.41, 5.74) is 2.14. The molecule has 0 aliphatic rings. The van der Waals surface area contributed by atoms with E-state index in [4.69, 9.17) is 11.6 Å². The van der Waals surface area contributed by atoms with Gasteiger partial charge in [-0.25, -0.2) is 8.78 Å². The normalized spacial score (nSPS) is 10.4. The van der Waals surface area contributed by atoms with Crippen molar-refractivity contribution in [2.24, 2.45) is 0 Å². The fourth-order valence-corrected chi connectivity index (χ4v) is 2.07. The third kappa shape index (κ3) is 3.39. The van der Waals surface area contributed by atoms with Gasteiger partial charge in [0.1, 0.15) is 11.6 Å². The number of nitrogens with zero attached hydrogens (tertiary/aromatic N) is 1. The molecule has 2 nitrogen and oxygen atoms in total. The Morgan fingerprint density at radius 2 is 1.85 bits per heavy atom. The molecule has 20 heavy (non-hydrogen) atoms. The Morgan fingerprint density at radius 3 is 2.50 bits per heavy atom.